The molecule has 0 unspecified atom stereocenters. The molecule has 2 N–H and O–H groups in total. The Morgan fingerprint density at radius 2 is 2.12 bits per heavy atom. The van der Waals surface area contributed by atoms with Gasteiger partial charge in [-0.25, -0.2) is 18.1 Å². The molecule has 1 aromatic heterocycles. The third kappa shape index (κ3) is 4.45. The number of H-pyrrole nitrogens is 1. The second-order valence-corrected chi connectivity index (χ2v) is 5.43. The third-order valence-electron chi connectivity index (χ3n) is 2.60. The quantitative estimate of drug-likeness (QED) is 0.664. The van der Waals surface area contributed by atoms with Crippen LogP contribution in [0.5, 0.6) is 0 Å². The number of hydrogen-bond acceptors (Lipinski definition) is 4. The third-order valence-corrected chi connectivity index (χ3v) is 3.99. The lowest BCUT2D eigenvalue weighted by molar-refractivity contribution is 0.300. The lowest BCUT2D eigenvalue weighted by Crippen LogP contribution is -2.30. The van der Waals surface area contributed by atoms with Crippen LogP contribution in [0, 0.1) is 0 Å². The molecule has 0 radical (unpaired) electrons. The predicted octanol–water partition coefficient (Wildman–Crippen LogP) is 0.420. The number of rotatable bonds is 8. The largest absolute Gasteiger partial charge is 0.335 e. The summed E-state index contributed by atoms with van der Waals surface area (Å²) >= 11 is 0. The van der Waals surface area contributed by atoms with Crippen molar-refractivity contribution < 1.29 is 8.42 Å². The van der Waals surface area contributed by atoms with Gasteiger partial charge in [0.1, 0.15) is 0 Å². The average Bonchev–Trinajstić information content (AvgIpc) is 2.83. The standard InChI is InChI=1S/C10H20N4O2S/c1-3-14(4-2)7-5-6-13-17(15,16)10-8-11-9-12-10/h8-9,13H,3-7H2,1-2H3,(H,11,12). The molecular weight excluding hydrogens is 240 g/mol. The van der Waals surface area contributed by atoms with E-state index in [0.29, 0.717) is 6.54 Å². The van der Waals surface area contributed by atoms with Gasteiger partial charge >= 0.3 is 0 Å². The fourth-order valence-electron chi connectivity index (χ4n) is 1.52. The fourth-order valence-corrected chi connectivity index (χ4v) is 2.49. The number of sulfonamides is 1. The zero-order valence-electron chi connectivity index (χ0n) is 10.3. The molecule has 0 aromatic carbocycles. The highest BCUT2D eigenvalue weighted by Gasteiger charge is 2.14. The van der Waals surface area contributed by atoms with Crippen molar-refractivity contribution in [1.82, 2.24) is 19.6 Å². The second kappa shape index (κ2) is 6.73. The Kier molecular flexibility index (Phi) is 5.60. The zero-order chi connectivity index (χ0) is 12.7. The van der Waals surface area contributed by atoms with Crippen molar-refractivity contribution in [3.05, 3.63) is 12.5 Å². The number of imidazole rings is 1. The van der Waals surface area contributed by atoms with E-state index in [4.69, 9.17) is 0 Å². The summed E-state index contributed by atoms with van der Waals surface area (Å²) in [5.41, 5.74) is 0. The normalized spacial score (nSPS) is 12.2. The monoisotopic (exact) mass is 260 g/mol. The van der Waals surface area contributed by atoms with Crippen LogP contribution in [0.15, 0.2) is 17.6 Å². The van der Waals surface area contributed by atoms with Crippen LogP contribution in [0.3, 0.4) is 0 Å². The minimum atomic E-state index is -3.41. The van der Waals surface area contributed by atoms with Crippen LogP contribution in [0.1, 0.15) is 20.3 Å². The number of nitrogens with zero attached hydrogens (tertiary/aromatic N) is 2. The topological polar surface area (TPSA) is 78.1 Å². The molecule has 17 heavy (non-hydrogen) atoms. The molecule has 1 rings (SSSR count). The summed E-state index contributed by atoms with van der Waals surface area (Å²) in [7, 11) is -3.41. The highest BCUT2D eigenvalue weighted by molar-refractivity contribution is 7.89. The Balaban J connectivity index is 2.32. The van der Waals surface area contributed by atoms with E-state index < -0.39 is 10.0 Å². The summed E-state index contributed by atoms with van der Waals surface area (Å²) in [5.74, 6) is 0. The van der Waals surface area contributed by atoms with E-state index in [0.717, 1.165) is 26.1 Å². The van der Waals surface area contributed by atoms with Crippen LogP contribution in [0.25, 0.3) is 0 Å². The van der Waals surface area contributed by atoms with Gasteiger partial charge in [-0.3, -0.25) is 0 Å². The minimum absolute atomic E-state index is 0.111. The van der Waals surface area contributed by atoms with Crippen LogP contribution in [0.4, 0.5) is 0 Å². The van der Waals surface area contributed by atoms with Gasteiger partial charge in [-0.05, 0) is 26.1 Å². The molecule has 0 saturated heterocycles. The van der Waals surface area contributed by atoms with Crippen LogP contribution >= 0.6 is 0 Å². The van der Waals surface area contributed by atoms with E-state index in [1.165, 1.54) is 12.5 Å². The van der Waals surface area contributed by atoms with Crippen molar-refractivity contribution in [2.45, 2.75) is 25.3 Å². The first-order valence-electron chi connectivity index (χ1n) is 5.80. The molecule has 0 fully saturated rings. The SMILES string of the molecule is CCN(CC)CCCNS(=O)(=O)c1cnc[nH]1. The Hall–Kier alpha value is -0.920. The van der Waals surface area contributed by atoms with E-state index in [9.17, 15) is 8.42 Å². The second-order valence-electron chi connectivity index (χ2n) is 3.69. The molecular formula is C10H20N4O2S. The number of nitrogens with one attached hydrogen (secondary N) is 2. The Morgan fingerprint density at radius 1 is 1.41 bits per heavy atom. The average molecular weight is 260 g/mol. The van der Waals surface area contributed by atoms with Crippen LogP contribution in [-0.4, -0.2) is 49.5 Å². The van der Waals surface area contributed by atoms with Crippen LogP contribution in [-0.2, 0) is 10.0 Å². The van der Waals surface area contributed by atoms with Crippen molar-refractivity contribution in [3.63, 3.8) is 0 Å². The maximum Gasteiger partial charge on any atom is 0.257 e. The van der Waals surface area contributed by atoms with Gasteiger partial charge in [0.05, 0.1) is 12.5 Å². The molecule has 98 valence electrons. The molecule has 0 amide bonds. The van der Waals surface area contributed by atoms with Crippen LogP contribution in [0.2, 0.25) is 0 Å². The summed E-state index contributed by atoms with van der Waals surface area (Å²) in [6.07, 6.45) is 3.45. The summed E-state index contributed by atoms with van der Waals surface area (Å²) in [5, 5.41) is 0.111. The van der Waals surface area contributed by atoms with Gasteiger partial charge in [0, 0.05) is 6.54 Å². The highest BCUT2D eigenvalue weighted by atomic mass is 32.2. The minimum Gasteiger partial charge on any atom is -0.335 e. The molecule has 0 saturated carbocycles. The van der Waals surface area contributed by atoms with Crippen molar-refractivity contribution in [2.75, 3.05) is 26.2 Å². The summed E-state index contributed by atoms with van der Waals surface area (Å²) in [6.45, 7) is 7.51. The van der Waals surface area contributed by atoms with E-state index in [1.807, 2.05) is 0 Å². The molecule has 6 nitrogen and oxygen atoms in total. The Morgan fingerprint density at radius 3 is 2.65 bits per heavy atom. The van der Waals surface area contributed by atoms with Gasteiger partial charge in [0.25, 0.3) is 10.0 Å². The predicted molar refractivity (Wildman–Crippen MR) is 66.2 cm³/mol. The van der Waals surface area contributed by atoms with Gasteiger partial charge in [0.2, 0.25) is 0 Å². The first-order valence-corrected chi connectivity index (χ1v) is 7.28. The molecule has 1 heterocycles. The van der Waals surface area contributed by atoms with E-state index in [-0.39, 0.29) is 5.03 Å². The lowest BCUT2D eigenvalue weighted by atomic mass is 10.4. The van der Waals surface area contributed by atoms with Gasteiger partial charge < -0.3 is 9.88 Å². The van der Waals surface area contributed by atoms with Gasteiger partial charge in [-0.15, -0.1) is 0 Å². The fraction of sp³-hybridized carbons (Fsp3) is 0.700. The molecule has 7 heteroatoms. The summed E-state index contributed by atoms with van der Waals surface area (Å²) in [6, 6.07) is 0. The van der Waals surface area contributed by atoms with Crippen molar-refractivity contribution >= 4 is 10.0 Å². The first-order chi connectivity index (χ1) is 8.10. The Bertz CT molecular complexity index is 398. The maximum absolute atomic E-state index is 11.7. The lowest BCUT2D eigenvalue weighted by Gasteiger charge is -2.17. The van der Waals surface area contributed by atoms with Crippen molar-refractivity contribution in [3.8, 4) is 0 Å². The molecule has 0 atom stereocenters. The molecule has 0 aliphatic heterocycles. The van der Waals surface area contributed by atoms with Crippen molar-refractivity contribution in [2.24, 2.45) is 0 Å². The first kappa shape index (κ1) is 14.1. The van der Waals surface area contributed by atoms with E-state index in [1.54, 1.807) is 0 Å². The molecule has 0 spiro atoms. The molecule has 0 bridgehead atoms. The van der Waals surface area contributed by atoms with Gasteiger partial charge in [0.15, 0.2) is 5.03 Å². The molecule has 0 aliphatic carbocycles. The van der Waals surface area contributed by atoms with Gasteiger partial charge in [-0.1, -0.05) is 13.8 Å². The van der Waals surface area contributed by atoms with Crippen LogP contribution < -0.4 is 4.72 Å². The zero-order valence-corrected chi connectivity index (χ0v) is 11.1. The van der Waals surface area contributed by atoms with Crippen molar-refractivity contribution in [1.29, 1.82) is 0 Å². The van der Waals surface area contributed by atoms with E-state index >= 15 is 0 Å². The molecule has 0 aliphatic rings. The molecule has 1 aromatic rings. The smallest absolute Gasteiger partial charge is 0.257 e. The number of aromatic amines is 1. The summed E-state index contributed by atoms with van der Waals surface area (Å²) < 4.78 is 25.9. The van der Waals surface area contributed by atoms with Gasteiger partial charge in [-0.2, -0.15) is 0 Å². The summed E-state index contributed by atoms with van der Waals surface area (Å²) in [4.78, 5) is 8.52. The number of hydrogen-bond donors (Lipinski definition) is 2. The number of aromatic nitrogens is 2. The Labute approximate surface area is 102 Å². The van der Waals surface area contributed by atoms with E-state index in [2.05, 4.69) is 33.4 Å². The maximum atomic E-state index is 11.7. The highest BCUT2D eigenvalue weighted by Crippen LogP contribution is 2.01.